The molecule has 0 saturated carbocycles. The second-order valence-corrected chi connectivity index (χ2v) is 7.99. The van der Waals surface area contributed by atoms with Gasteiger partial charge in [0.1, 0.15) is 5.75 Å². The number of nitrogens with zero attached hydrogens (tertiary/aromatic N) is 2. The molecule has 0 bridgehead atoms. The number of carbonyl (C=O) groups excluding carboxylic acids is 2. The quantitative estimate of drug-likeness (QED) is 0.587. The Bertz CT molecular complexity index is 677. The van der Waals surface area contributed by atoms with Crippen molar-refractivity contribution in [2.24, 2.45) is 0 Å². The van der Waals surface area contributed by atoms with Crippen LogP contribution in [-0.2, 0) is 9.59 Å². The highest BCUT2D eigenvalue weighted by atomic mass is 35.5. The second kappa shape index (κ2) is 11.9. The minimum Gasteiger partial charge on any atom is -0.495 e. The van der Waals surface area contributed by atoms with E-state index in [0.717, 1.165) is 56.9 Å². The second-order valence-electron chi connectivity index (χ2n) is 7.55. The Kier molecular flexibility index (Phi) is 9.58. The van der Waals surface area contributed by atoms with E-state index in [1.54, 1.807) is 7.11 Å². The molecule has 1 N–H and O–H groups in total. The third-order valence-corrected chi connectivity index (χ3v) is 5.40. The van der Waals surface area contributed by atoms with Crippen LogP contribution in [0.25, 0.3) is 0 Å². The van der Waals surface area contributed by atoms with Gasteiger partial charge >= 0.3 is 0 Å². The number of nitrogens with one attached hydrogen (secondary N) is 1. The first-order valence-corrected chi connectivity index (χ1v) is 11.0. The number of halogens is 1. The van der Waals surface area contributed by atoms with Crippen molar-refractivity contribution >= 4 is 29.1 Å². The molecule has 29 heavy (non-hydrogen) atoms. The molecule has 1 fully saturated rings. The summed E-state index contributed by atoms with van der Waals surface area (Å²) in [5.41, 5.74) is 0.953. The van der Waals surface area contributed by atoms with Crippen molar-refractivity contribution in [2.45, 2.75) is 58.4 Å². The van der Waals surface area contributed by atoms with E-state index < -0.39 is 0 Å². The zero-order chi connectivity index (χ0) is 21.2. The Morgan fingerprint density at radius 3 is 2.62 bits per heavy atom. The molecule has 2 amide bonds. The van der Waals surface area contributed by atoms with Gasteiger partial charge in [0.2, 0.25) is 11.8 Å². The van der Waals surface area contributed by atoms with Crippen molar-refractivity contribution in [3.63, 3.8) is 0 Å². The number of ether oxygens (including phenoxy) is 1. The zero-order valence-electron chi connectivity index (χ0n) is 17.9. The molecule has 1 heterocycles. The molecule has 0 aliphatic carbocycles. The largest absolute Gasteiger partial charge is 0.495 e. The highest BCUT2D eigenvalue weighted by Gasteiger charge is 2.26. The third-order valence-electron chi connectivity index (χ3n) is 5.17. The molecule has 162 valence electrons. The Hall–Kier alpha value is -1.95. The monoisotopic (exact) mass is 423 g/mol. The Balaban J connectivity index is 1.76. The maximum atomic E-state index is 12.3. The predicted molar refractivity (Wildman–Crippen MR) is 118 cm³/mol. The Labute approximate surface area is 179 Å². The molecule has 2 rings (SSSR count). The van der Waals surface area contributed by atoms with Gasteiger partial charge in [-0.25, -0.2) is 0 Å². The van der Waals surface area contributed by atoms with Crippen LogP contribution in [0.3, 0.4) is 0 Å². The summed E-state index contributed by atoms with van der Waals surface area (Å²) < 4.78 is 5.43. The molecule has 1 saturated heterocycles. The maximum Gasteiger partial charge on any atom is 0.222 e. The summed E-state index contributed by atoms with van der Waals surface area (Å²) in [5.74, 6) is 0.949. The standard InChI is InChI=1S/C22H34ClN3O3/c1-4-12-25(13-5-2)22(28)8-6-7-21(27)24-18-11-14-26(16-18)19-15-17(23)9-10-20(19)29-3/h9-10,15,18H,4-8,11-14,16H2,1-3H3,(H,24,27). The lowest BCUT2D eigenvalue weighted by atomic mass is 10.2. The van der Waals surface area contributed by atoms with E-state index in [1.165, 1.54) is 0 Å². The molecule has 6 nitrogen and oxygen atoms in total. The summed E-state index contributed by atoms with van der Waals surface area (Å²) in [6.45, 7) is 7.30. The molecule has 0 aromatic heterocycles. The minimum atomic E-state index is 0.0141. The van der Waals surface area contributed by atoms with Crippen molar-refractivity contribution in [2.75, 3.05) is 38.2 Å². The van der Waals surface area contributed by atoms with E-state index in [9.17, 15) is 9.59 Å². The number of amides is 2. The van der Waals surface area contributed by atoms with Crippen LogP contribution in [0.1, 0.15) is 52.4 Å². The van der Waals surface area contributed by atoms with Crippen molar-refractivity contribution in [3.8, 4) is 5.75 Å². The molecule has 1 unspecified atom stereocenters. The lowest BCUT2D eigenvalue weighted by molar-refractivity contribution is -0.131. The fourth-order valence-electron chi connectivity index (χ4n) is 3.77. The van der Waals surface area contributed by atoms with Crippen molar-refractivity contribution in [1.29, 1.82) is 0 Å². The first-order chi connectivity index (χ1) is 14.0. The van der Waals surface area contributed by atoms with Crippen molar-refractivity contribution < 1.29 is 14.3 Å². The van der Waals surface area contributed by atoms with Crippen LogP contribution in [0.15, 0.2) is 18.2 Å². The van der Waals surface area contributed by atoms with Crippen LogP contribution in [0.5, 0.6) is 5.75 Å². The molecule has 0 radical (unpaired) electrons. The molecule has 7 heteroatoms. The fraction of sp³-hybridized carbons (Fsp3) is 0.636. The van der Waals surface area contributed by atoms with Crippen molar-refractivity contribution in [1.82, 2.24) is 10.2 Å². The van der Waals surface area contributed by atoms with E-state index >= 15 is 0 Å². The van der Waals surface area contributed by atoms with Crippen LogP contribution in [-0.4, -0.2) is 56.0 Å². The number of rotatable bonds is 11. The number of carbonyl (C=O) groups is 2. The van der Waals surface area contributed by atoms with E-state index in [4.69, 9.17) is 16.3 Å². The van der Waals surface area contributed by atoms with Gasteiger partial charge in [-0.3, -0.25) is 9.59 Å². The lowest BCUT2D eigenvalue weighted by Gasteiger charge is -2.22. The van der Waals surface area contributed by atoms with Gasteiger partial charge in [0.05, 0.1) is 12.8 Å². The van der Waals surface area contributed by atoms with Crippen LogP contribution >= 0.6 is 11.6 Å². The summed E-state index contributed by atoms with van der Waals surface area (Å²) >= 11 is 6.13. The van der Waals surface area contributed by atoms with Gasteiger partial charge in [0, 0.05) is 50.1 Å². The van der Waals surface area contributed by atoms with E-state index in [1.807, 2.05) is 23.1 Å². The van der Waals surface area contributed by atoms with Gasteiger partial charge in [-0.05, 0) is 43.9 Å². The van der Waals surface area contributed by atoms with Gasteiger partial charge in [-0.1, -0.05) is 25.4 Å². The topological polar surface area (TPSA) is 61.9 Å². The molecule has 1 aliphatic rings. The first kappa shape index (κ1) is 23.3. The number of anilines is 1. The van der Waals surface area contributed by atoms with E-state index in [0.29, 0.717) is 24.3 Å². The molecule has 1 atom stereocenters. The summed E-state index contributed by atoms with van der Waals surface area (Å²) in [6.07, 6.45) is 4.20. The van der Waals surface area contributed by atoms with Crippen LogP contribution in [0, 0.1) is 0 Å². The Morgan fingerprint density at radius 2 is 1.97 bits per heavy atom. The van der Waals surface area contributed by atoms with Crippen molar-refractivity contribution in [3.05, 3.63) is 23.2 Å². The predicted octanol–water partition coefficient (Wildman–Crippen LogP) is 3.86. The third kappa shape index (κ3) is 7.11. The van der Waals surface area contributed by atoms with Gasteiger partial charge in [-0.15, -0.1) is 0 Å². The van der Waals surface area contributed by atoms with Crippen LogP contribution in [0.2, 0.25) is 5.02 Å². The number of hydrogen-bond acceptors (Lipinski definition) is 4. The average molecular weight is 424 g/mol. The smallest absolute Gasteiger partial charge is 0.222 e. The zero-order valence-corrected chi connectivity index (χ0v) is 18.6. The first-order valence-electron chi connectivity index (χ1n) is 10.6. The molecule has 1 aromatic rings. The molecule has 1 aliphatic heterocycles. The summed E-state index contributed by atoms with van der Waals surface area (Å²) in [7, 11) is 1.64. The minimum absolute atomic E-state index is 0.0141. The van der Waals surface area contributed by atoms with E-state index in [2.05, 4.69) is 24.1 Å². The van der Waals surface area contributed by atoms with Crippen LogP contribution < -0.4 is 15.0 Å². The molecule has 1 aromatic carbocycles. The SMILES string of the molecule is CCCN(CCC)C(=O)CCCC(=O)NC1CCN(c2cc(Cl)ccc2OC)C1. The average Bonchev–Trinajstić information content (AvgIpc) is 3.15. The highest BCUT2D eigenvalue weighted by Crippen LogP contribution is 2.33. The maximum absolute atomic E-state index is 12.3. The number of benzene rings is 1. The van der Waals surface area contributed by atoms with Gasteiger partial charge < -0.3 is 19.9 Å². The number of methoxy groups -OCH3 is 1. The van der Waals surface area contributed by atoms with E-state index in [-0.39, 0.29) is 17.9 Å². The summed E-state index contributed by atoms with van der Waals surface area (Å²) in [6, 6.07) is 5.66. The lowest BCUT2D eigenvalue weighted by Crippen LogP contribution is -2.37. The summed E-state index contributed by atoms with van der Waals surface area (Å²) in [5, 5.41) is 3.77. The highest BCUT2D eigenvalue weighted by molar-refractivity contribution is 6.30. The molecule has 0 spiro atoms. The summed E-state index contributed by atoms with van der Waals surface area (Å²) in [4.78, 5) is 28.7. The molecular formula is C22H34ClN3O3. The molecular weight excluding hydrogens is 390 g/mol. The van der Waals surface area contributed by atoms with Gasteiger partial charge in [0.25, 0.3) is 0 Å². The fourth-order valence-corrected chi connectivity index (χ4v) is 3.93. The van der Waals surface area contributed by atoms with Gasteiger partial charge in [0.15, 0.2) is 0 Å². The number of hydrogen-bond donors (Lipinski definition) is 1. The van der Waals surface area contributed by atoms with Crippen LogP contribution in [0.4, 0.5) is 5.69 Å². The normalized spacial score (nSPS) is 16.0. The van der Waals surface area contributed by atoms with Gasteiger partial charge in [-0.2, -0.15) is 0 Å². The Morgan fingerprint density at radius 1 is 1.24 bits per heavy atom.